The zero-order chi connectivity index (χ0) is 17.1. The van der Waals surface area contributed by atoms with Crippen molar-refractivity contribution < 1.29 is 9.59 Å². The summed E-state index contributed by atoms with van der Waals surface area (Å²) in [4.78, 5) is 27.0. The summed E-state index contributed by atoms with van der Waals surface area (Å²) in [7, 11) is 0. The Morgan fingerprint density at radius 1 is 1.04 bits per heavy atom. The van der Waals surface area contributed by atoms with Crippen LogP contribution in [0.5, 0.6) is 0 Å². The summed E-state index contributed by atoms with van der Waals surface area (Å²) in [5, 5.41) is 2.66. The lowest BCUT2D eigenvalue weighted by Gasteiger charge is -2.11. The van der Waals surface area contributed by atoms with Gasteiger partial charge >= 0.3 is 6.03 Å². The molecule has 1 aliphatic rings. The highest BCUT2D eigenvalue weighted by Crippen LogP contribution is 2.19. The minimum Gasteiger partial charge on any atom is -0.303 e. The van der Waals surface area contributed by atoms with Crippen molar-refractivity contribution in [2.24, 2.45) is 0 Å². The van der Waals surface area contributed by atoms with E-state index >= 15 is 0 Å². The van der Waals surface area contributed by atoms with Crippen molar-refractivity contribution in [3.05, 3.63) is 70.9 Å². The van der Waals surface area contributed by atoms with E-state index in [0.29, 0.717) is 5.70 Å². The summed E-state index contributed by atoms with van der Waals surface area (Å²) in [6.45, 7) is 2.27. The Bertz CT molecular complexity index is 795. The third kappa shape index (κ3) is 3.51. The molecular weight excluding hydrogens is 320 g/mol. The molecule has 0 saturated carbocycles. The molecule has 3 rings (SSSR count). The number of thioether (sulfide) groups is 1. The van der Waals surface area contributed by atoms with Crippen LogP contribution in [-0.2, 0) is 11.3 Å². The number of nitrogens with one attached hydrogen (secondary N) is 1. The zero-order valence-corrected chi connectivity index (χ0v) is 14.4. The van der Waals surface area contributed by atoms with Crippen LogP contribution < -0.4 is 5.32 Å². The van der Waals surface area contributed by atoms with Crippen LogP contribution in [0.2, 0.25) is 0 Å². The van der Waals surface area contributed by atoms with Crippen LogP contribution in [0.4, 0.5) is 4.79 Å². The number of hydrogen-bond donors (Lipinski definition) is 1. The number of amides is 3. The second-order valence-electron chi connectivity index (χ2n) is 5.64. The molecule has 1 aliphatic heterocycles. The molecule has 1 fully saturated rings. The Hall–Kier alpha value is -2.53. The summed E-state index contributed by atoms with van der Waals surface area (Å²) in [6.07, 6.45) is 3.72. The molecule has 0 aliphatic carbocycles. The van der Waals surface area contributed by atoms with Crippen LogP contribution in [0.1, 0.15) is 16.7 Å². The van der Waals surface area contributed by atoms with Crippen molar-refractivity contribution in [1.82, 2.24) is 10.2 Å². The molecule has 1 N–H and O–H groups in total. The molecule has 24 heavy (non-hydrogen) atoms. The van der Waals surface area contributed by atoms with E-state index in [-0.39, 0.29) is 18.5 Å². The van der Waals surface area contributed by atoms with Gasteiger partial charge in [-0.1, -0.05) is 42.0 Å². The molecule has 0 radical (unpaired) electrons. The topological polar surface area (TPSA) is 49.4 Å². The number of hydrogen-bond acceptors (Lipinski definition) is 3. The monoisotopic (exact) mass is 338 g/mol. The van der Waals surface area contributed by atoms with Gasteiger partial charge in [0, 0.05) is 4.90 Å². The molecule has 0 spiro atoms. The maximum atomic E-state index is 12.5. The first-order chi connectivity index (χ1) is 11.6. The lowest BCUT2D eigenvalue weighted by atomic mass is 10.1. The van der Waals surface area contributed by atoms with Crippen LogP contribution in [-0.4, -0.2) is 23.1 Å². The fourth-order valence-corrected chi connectivity index (χ4v) is 2.87. The van der Waals surface area contributed by atoms with E-state index in [4.69, 9.17) is 0 Å². The highest BCUT2D eigenvalue weighted by molar-refractivity contribution is 7.98. The molecule has 0 atom stereocenters. The Labute approximate surface area is 145 Å². The quantitative estimate of drug-likeness (QED) is 0.524. The van der Waals surface area contributed by atoms with Gasteiger partial charge in [-0.3, -0.25) is 9.69 Å². The maximum Gasteiger partial charge on any atom is 0.329 e. The minimum atomic E-state index is -0.382. The van der Waals surface area contributed by atoms with Crippen molar-refractivity contribution in [2.75, 3.05) is 6.26 Å². The van der Waals surface area contributed by atoms with E-state index in [9.17, 15) is 9.59 Å². The van der Waals surface area contributed by atoms with Crippen LogP contribution in [0.25, 0.3) is 6.08 Å². The van der Waals surface area contributed by atoms with Gasteiger partial charge in [0.15, 0.2) is 0 Å². The van der Waals surface area contributed by atoms with Gasteiger partial charge < -0.3 is 5.32 Å². The molecule has 122 valence electrons. The van der Waals surface area contributed by atoms with Crippen LogP contribution in [0, 0.1) is 6.92 Å². The summed E-state index contributed by atoms with van der Waals surface area (Å²) >= 11 is 1.66. The van der Waals surface area contributed by atoms with Gasteiger partial charge in [0.1, 0.15) is 5.70 Å². The van der Waals surface area contributed by atoms with Gasteiger partial charge in [-0.15, -0.1) is 11.8 Å². The van der Waals surface area contributed by atoms with Crippen molar-refractivity contribution in [3.63, 3.8) is 0 Å². The lowest BCUT2D eigenvalue weighted by Crippen LogP contribution is -2.30. The molecule has 1 saturated heterocycles. The van der Waals surface area contributed by atoms with E-state index in [1.54, 1.807) is 17.8 Å². The number of imide groups is 1. The molecule has 0 aromatic heterocycles. The molecule has 0 unspecified atom stereocenters. The molecule has 3 amide bonds. The smallest absolute Gasteiger partial charge is 0.303 e. The molecule has 2 aromatic carbocycles. The average molecular weight is 338 g/mol. The number of carbonyl (C=O) groups excluding carboxylic acids is 2. The third-order valence-electron chi connectivity index (χ3n) is 3.85. The summed E-state index contributed by atoms with van der Waals surface area (Å²) < 4.78 is 0. The molecular formula is C19H18N2O2S. The first kappa shape index (κ1) is 16.3. The predicted octanol–water partition coefficient (Wildman–Crippen LogP) is 3.81. The fourth-order valence-electron chi connectivity index (χ4n) is 2.46. The molecule has 2 aromatic rings. The number of aryl methyl sites for hydroxylation is 1. The maximum absolute atomic E-state index is 12.5. The molecule has 5 heteroatoms. The largest absolute Gasteiger partial charge is 0.329 e. The van der Waals surface area contributed by atoms with Crippen molar-refractivity contribution in [1.29, 1.82) is 0 Å². The van der Waals surface area contributed by atoms with Gasteiger partial charge in [0.25, 0.3) is 5.91 Å². The normalized spacial score (nSPS) is 15.9. The third-order valence-corrected chi connectivity index (χ3v) is 4.59. The Morgan fingerprint density at radius 3 is 2.33 bits per heavy atom. The average Bonchev–Trinajstić information content (AvgIpc) is 2.85. The first-order valence-corrected chi connectivity index (χ1v) is 8.83. The number of carbonyl (C=O) groups is 2. The van der Waals surface area contributed by atoms with E-state index < -0.39 is 0 Å². The van der Waals surface area contributed by atoms with E-state index in [2.05, 4.69) is 5.32 Å². The van der Waals surface area contributed by atoms with Gasteiger partial charge in [-0.2, -0.15) is 0 Å². The summed E-state index contributed by atoms with van der Waals surface area (Å²) in [6, 6.07) is 15.3. The number of nitrogens with zero attached hydrogens (tertiary/aromatic N) is 1. The van der Waals surface area contributed by atoms with Crippen molar-refractivity contribution in [3.8, 4) is 0 Å². The number of benzene rings is 2. The standard InChI is InChI=1S/C19H18N2O2S/c1-13-3-5-15(6-4-13)12-21-18(22)17(20-19(21)23)11-14-7-9-16(24-2)10-8-14/h3-11H,12H2,1-2H3,(H,20,23)/b17-11+. The van der Waals surface area contributed by atoms with Crippen LogP contribution in [0.3, 0.4) is 0 Å². The lowest BCUT2D eigenvalue weighted by molar-refractivity contribution is -0.123. The van der Waals surface area contributed by atoms with E-state index in [1.165, 1.54) is 4.90 Å². The summed E-state index contributed by atoms with van der Waals surface area (Å²) in [5.41, 5.74) is 3.26. The van der Waals surface area contributed by atoms with Crippen molar-refractivity contribution in [2.45, 2.75) is 18.4 Å². The predicted molar refractivity (Wildman–Crippen MR) is 96.5 cm³/mol. The highest BCUT2D eigenvalue weighted by Gasteiger charge is 2.33. The number of rotatable bonds is 4. The summed E-state index contributed by atoms with van der Waals surface area (Å²) in [5.74, 6) is -0.297. The SMILES string of the molecule is CSc1ccc(/C=C2/NC(=O)N(Cc3ccc(C)cc3)C2=O)cc1. The number of urea groups is 1. The van der Waals surface area contributed by atoms with E-state index in [1.807, 2.05) is 61.7 Å². The van der Waals surface area contributed by atoms with Gasteiger partial charge in [0.2, 0.25) is 0 Å². The first-order valence-electron chi connectivity index (χ1n) is 7.61. The fraction of sp³-hybridized carbons (Fsp3) is 0.158. The van der Waals surface area contributed by atoms with E-state index in [0.717, 1.165) is 21.6 Å². The van der Waals surface area contributed by atoms with Gasteiger partial charge in [-0.05, 0) is 42.5 Å². The second kappa shape index (κ2) is 6.93. The molecule has 0 bridgehead atoms. The Kier molecular flexibility index (Phi) is 4.71. The van der Waals surface area contributed by atoms with Gasteiger partial charge in [0.05, 0.1) is 6.54 Å². The Balaban J connectivity index is 1.77. The zero-order valence-electron chi connectivity index (χ0n) is 13.6. The molecule has 4 nitrogen and oxygen atoms in total. The van der Waals surface area contributed by atoms with Gasteiger partial charge in [-0.25, -0.2) is 4.79 Å². The second-order valence-corrected chi connectivity index (χ2v) is 6.52. The Morgan fingerprint density at radius 2 is 1.71 bits per heavy atom. The highest BCUT2D eigenvalue weighted by atomic mass is 32.2. The van der Waals surface area contributed by atoms with Crippen LogP contribution in [0.15, 0.2) is 59.1 Å². The minimum absolute atomic E-state index is 0.272. The molecule has 1 heterocycles. The van der Waals surface area contributed by atoms with Crippen molar-refractivity contribution >= 4 is 29.8 Å². The van der Waals surface area contributed by atoms with Crippen LogP contribution >= 0.6 is 11.8 Å².